The number of nitrogens with one attached hydrogen (secondary N) is 1. The van der Waals surface area contributed by atoms with Gasteiger partial charge in [-0.15, -0.1) is 0 Å². The Morgan fingerprint density at radius 3 is 2.45 bits per heavy atom. The molecular formula is C18H30N2. The second kappa shape index (κ2) is 6.62. The summed E-state index contributed by atoms with van der Waals surface area (Å²) in [5.41, 5.74) is 10.3. The standard InChI is InChI=1S/C18H30N2/c1-12(2)14-8-9-18(17(10-14)13(3)4)20-16-7-5-6-15(19)11-16/h8-10,12-13,15-16,20H,5-7,11,19H2,1-4H3. The van der Waals surface area contributed by atoms with Crippen molar-refractivity contribution in [3.63, 3.8) is 0 Å². The van der Waals surface area contributed by atoms with E-state index in [9.17, 15) is 0 Å². The van der Waals surface area contributed by atoms with Gasteiger partial charge < -0.3 is 11.1 Å². The van der Waals surface area contributed by atoms with E-state index in [1.54, 1.807) is 0 Å². The molecule has 2 unspecified atom stereocenters. The fourth-order valence-corrected chi connectivity index (χ4v) is 3.13. The van der Waals surface area contributed by atoms with Crippen molar-refractivity contribution >= 4 is 5.69 Å². The van der Waals surface area contributed by atoms with Crippen LogP contribution in [-0.2, 0) is 0 Å². The number of anilines is 1. The molecule has 0 radical (unpaired) electrons. The maximum atomic E-state index is 6.10. The summed E-state index contributed by atoms with van der Waals surface area (Å²) in [4.78, 5) is 0. The van der Waals surface area contributed by atoms with Crippen molar-refractivity contribution in [2.45, 2.75) is 77.3 Å². The van der Waals surface area contributed by atoms with E-state index in [2.05, 4.69) is 51.2 Å². The Hall–Kier alpha value is -1.02. The molecule has 0 spiro atoms. The number of nitrogens with two attached hydrogens (primary N) is 1. The molecule has 0 bridgehead atoms. The van der Waals surface area contributed by atoms with Crippen LogP contribution in [0.15, 0.2) is 18.2 Å². The highest BCUT2D eigenvalue weighted by Gasteiger charge is 2.20. The summed E-state index contributed by atoms with van der Waals surface area (Å²) in [6.45, 7) is 9.06. The zero-order valence-electron chi connectivity index (χ0n) is 13.4. The minimum atomic E-state index is 0.374. The first-order valence-electron chi connectivity index (χ1n) is 8.13. The van der Waals surface area contributed by atoms with Crippen molar-refractivity contribution in [3.05, 3.63) is 29.3 Å². The van der Waals surface area contributed by atoms with Gasteiger partial charge in [0.2, 0.25) is 0 Å². The lowest BCUT2D eigenvalue weighted by Crippen LogP contribution is -2.35. The fourth-order valence-electron chi connectivity index (χ4n) is 3.13. The molecule has 20 heavy (non-hydrogen) atoms. The van der Waals surface area contributed by atoms with Crippen LogP contribution in [0.4, 0.5) is 5.69 Å². The second-order valence-corrected chi connectivity index (χ2v) is 6.92. The van der Waals surface area contributed by atoms with Crippen LogP contribution >= 0.6 is 0 Å². The van der Waals surface area contributed by atoms with Gasteiger partial charge in [0.25, 0.3) is 0 Å². The zero-order valence-corrected chi connectivity index (χ0v) is 13.4. The maximum Gasteiger partial charge on any atom is 0.0377 e. The molecule has 2 rings (SSSR count). The summed E-state index contributed by atoms with van der Waals surface area (Å²) >= 11 is 0. The molecule has 0 aromatic heterocycles. The molecule has 1 aromatic rings. The second-order valence-electron chi connectivity index (χ2n) is 6.92. The van der Waals surface area contributed by atoms with E-state index >= 15 is 0 Å². The monoisotopic (exact) mass is 274 g/mol. The SMILES string of the molecule is CC(C)c1ccc(NC2CCCC(N)C2)c(C(C)C)c1. The Morgan fingerprint density at radius 1 is 1.10 bits per heavy atom. The van der Waals surface area contributed by atoms with Crippen LogP contribution in [0.3, 0.4) is 0 Å². The Morgan fingerprint density at radius 2 is 1.85 bits per heavy atom. The van der Waals surface area contributed by atoms with Crippen molar-refractivity contribution in [1.82, 2.24) is 0 Å². The highest BCUT2D eigenvalue weighted by atomic mass is 14.9. The molecule has 2 atom stereocenters. The van der Waals surface area contributed by atoms with Gasteiger partial charge in [-0.2, -0.15) is 0 Å². The third-order valence-electron chi connectivity index (χ3n) is 4.44. The van der Waals surface area contributed by atoms with Gasteiger partial charge in [0, 0.05) is 17.8 Å². The number of benzene rings is 1. The quantitative estimate of drug-likeness (QED) is 0.841. The first-order valence-corrected chi connectivity index (χ1v) is 8.13. The minimum Gasteiger partial charge on any atom is -0.382 e. The van der Waals surface area contributed by atoms with E-state index in [1.165, 1.54) is 36.1 Å². The third kappa shape index (κ3) is 3.76. The summed E-state index contributed by atoms with van der Waals surface area (Å²) < 4.78 is 0. The van der Waals surface area contributed by atoms with Crippen molar-refractivity contribution in [1.29, 1.82) is 0 Å². The first-order chi connectivity index (χ1) is 9.47. The topological polar surface area (TPSA) is 38.0 Å². The normalized spacial score (nSPS) is 23.4. The molecule has 2 heteroatoms. The van der Waals surface area contributed by atoms with Gasteiger partial charge in [-0.25, -0.2) is 0 Å². The Labute approximate surface area is 124 Å². The van der Waals surface area contributed by atoms with Gasteiger partial charge in [0.15, 0.2) is 0 Å². The predicted octanol–water partition coefficient (Wildman–Crippen LogP) is 4.62. The lowest BCUT2D eigenvalue weighted by atomic mass is 9.90. The average Bonchev–Trinajstić information content (AvgIpc) is 2.38. The van der Waals surface area contributed by atoms with Crippen LogP contribution in [0.25, 0.3) is 0 Å². The smallest absolute Gasteiger partial charge is 0.0377 e. The summed E-state index contributed by atoms with van der Waals surface area (Å²) in [6.07, 6.45) is 4.78. The summed E-state index contributed by atoms with van der Waals surface area (Å²) in [6, 6.07) is 7.83. The molecule has 3 N–H and O–H groups in total. The van der Waals surface area contributed by atoms with Gasteiger partial charge in [-0.3, -0.25) is 0 Å². The number of hydrogen-bond donors (Lipinski definition) is 2. The lowest BCUT2D eigenvalue weighted by molar-refractivity contribution is 0.409. The average molecular weight is 274 g/mol. The van der Waals surface area contributed by atoms with Gasteiger partial charge in [-0.05, 0) is 54.7 Å². The molecule has 2 nitrogen and oxygen atoms in total. The Bertz CT molecular complexity index is 437. The predicted molar refractivity (Wildman–Crippen MR) is 88.5 cm³/mol. The van der Waals surface area contributed by atoms with Gasteiger partial charge in [0.1, 0.15) is 0 Å². The third-order valence-corrected chi connectivity index (χ3v) is 4.44. The van der Waals surface area contributed by atoms with E-state index < -0.39 is 0 Å². The Balaban J connectivity index is 2.17. The molecule has 1 aliphatic rings. The molecule has 112 valence electrons. The van der Waals surface area contributed by atoms with Crippen molar-refractivity contribution in [2.24, 2.45) is 5.73 Å². The summed E-state index contributed by atoms with van der Waals surface area (Å²) in [5, 5.41) is 3.75. The van der Waals surface area contributed by atoms with Crippen LogP contribution < -0.4 is 11.1 Å². The minimum absolute atomic E-state index is 0.374. The van der Waals surface area contributed by atoms with Gasteiger partial charge in [0.05, 0.1) is 0 Å². The number of rotatable bonds is 4. The van der Waals surface area contributed by atoms with Crippen molar-refractivity contribution < 1.29 is 0 Å². The maximum absolute atomic E-state index is 6.10. The van der Waals surface area contributed by atoms with Crippen molar-refractivity contribution in [2.75, 3.05) is 5.32 Å². The Kier molecular flexibility index (Phi) is 5.09. The van der Waals surface area contributed by atoms with Gasteiger partial charge in [-0.1, -0.05) is 39.8 Å². The van der Waals surface area contributed by atoms with Crippen LogP contribution in [0.2, 0.25) is 0 Å². The highest BCUT2D eigenvalue weighted by Crippen LogP contribution is 2.30. The van der Waals surface area contributed by atoms with E-state index in [-0.39, 0.29) is 0 Å². The summed E-state index contributed by atoms with van der Waals surface area (Å²) in [5.74, 6) is 1.14. The van der Waals surface area contributed by atoms with Crippen LogP contribution in [0.1, 0.15) is 76.3 Å². The van der Waals surface area contributed by atoms with E-state index in [1.807, 2.05) is 0 Å². The van der Waals surface area contributed by atoms with Gasteiger partial charge >= 0.3 is 0 Å². The molecule has 0 heterocycles. The molecule has 1 fully saturated rings. The molecular weight excluding hydrogens is 244 g/mol. The highest BCUT2D eigenvalue weighted by molar-refractivity contribution is 5.55. The van der Waals surface area contributed by atoms with E-state index in [0.29, 0.717) is 23.9 Å². The molecule has 1 aliphatic carbocycles. The van der Waals surface area contributed by atoms with Crippen LogP contribution in [0.5, 0.6) is 0 Å². The molecule has 0 amide bonds. The van der Waals surface area contributed by atoms with E-state index in [4.69, 9.17) is 5.73 Å². The van der Waals surface area contributed by atoms with E-state index in [0.717, 1.165) is 6.42 Å². The van der Waals surface area contributed by atoms with Crippen LogP contribution in [-0.4, -0.2) is 12.1 Å². The number of hydrogen-bond acceptors (Lipinski definition) is 2. The van der Waals surface area contributed by atoms with Crippen molar-refractivity contribution in [3.8, 4) is 0 Å². The first kappa shape index (κ1) is 15.4. The largest absolute Gasteiger partial charge is 0.382 e. The lowest BCUT2D eigenvalue weighted by Gasteiger charge is -2.29. The summed E-state index contributed by atoms with van der Waals surface area (Å²) in [7, 11) is 0. The van der Waals surface area contributed by atoms with Crippen LogP contribution in [0, 0.1) is 0 Å². The molecule has 0 aliphatic heterocycles. The molecule has 1 aromatic carbocycles. The molecule has 1 saturated carbocycles. The zero-order chi connectivity index (χ0) is 14.7. The molecule has 0 saturated heterocycles. The fraction of sp³-hybridized carbons (Fsp3) is 0.667.